The summed E-state index contributed by atoms with van der Waals surface area (Å²) in [5.74, 6) is -3.58. The van der Waals surface area contributed by atoms with Crippen molar-refractivity contribution in [2.45, 2.75) is 64.7 Å². The van der Waals surface area contributed by atoms with Gasteiger partial charge in [0.25, 0.3) is 0 Å². The Kier molecular flexibility index (Phi) is 5.09. The van der Waals surface area contributed by atoms with Gasteiger partial charge in [0.1, 0.15) is 0 Å². The third kappa shape index (κ3) is 5.48. The van der Waals surface area contributed by atoms with E-state index in [1.54, 1.807) is 0 Å². The highest BCUT2D eigenvalue weighted by atomic mass is 16.5. The number of hydrogen-bond acceptors (Lipinski definition) is 5. The number of allylic oxidation sites excluding steroid dienone is 2. The van der Waals surface area contributed by atoms with Gasteiger partial charge in [0.15, 0.2) is 0 Å². The summed E-state index contributed by atoms with van der Waals surface area (Å²) in [5, 5.41) is 9.03. The average molecular weight is 346 g/mol. The molecule has 1 rings (SSSR count). The van der Waals surface area contributed by atoms with E-state index in [-0.39, 0.29) is 24.0 Å². The minimum Gasteiger partial charge on any atom is -0.489 e. The molecule has 136 valence electrons. The Morgan fingerprint density at radius 1 is 0.875 bits per heavy atom. The molecule has 0 bridgehead atoms. The zero-order valence-corrected chi connectivity index (χ0v) is 13.9. The summed E-state index contributed by atoms with van der Waals surface area (Å²) in [6.45, 7) is -0.773. The normalized spacial score (nSPS) is 21.9. The maximum Gasteiger partial charge on any atom is 0.228 e. The number of rotatable bonds is 12. The second-order valence-corrected chi connectivity index (χ2v) is 5.76. The summed E-state index contributed by atoms with van der Waals surface area (Å²) in [6, 6.07) is 0. The van der Waals surface area contributed by atoms with E-state index < -0.39 is 43.7 Å². The number of hydrogen-bond donors (Lipinski definition) is 1. The second-order valence-electron chi connectivity index (χ2n) is 5.76. The second kappa shape index (κ2) is 11.0. The van der Waals surface area contributed by atoms with Gasteiger partial charge < -0.3 is 14.6 Å². The Balaban J connectivity index is 2.68. The molecule has 0 aromatic carbocycles. The van der Waals surface area contributed by atoms with E-state index in [0.717, 1.165) is 32.1 Å². The quantitative estimate of drug-likeness (QED) is 0.433. The van der Waals surface area contributed by atoms with Crippen LogP contribution in [-0.2, 0) is 19.1 Å². The molecule has 0 aliphatic heterocycles. The van der Waals surface area contributed by atoms with Crippen molar-refractivity contribution in [1.29, 1.82) is 0 Å². The van der Waals surface area contributed by atoms with Crippen molar-refractivity contribution in [2.24, 2.45) is 0 Å². The summed E-state index contributed by atoms with van der Waals surface area (Å²) < 4.78 is 66.6. The number of ether oxygens (including phenoxy) is 2. The van der Waals surface area contributed by atoms with Crippen molar-refractivity contribution >= 4 is 11.6 Å². The molecular formula is C19H30O5. The zero-order valence-electron chi connectivity index (χ0n) is 21.9. The summed E-state index contributed by atoms with van der Waals surface area (Å²) in [7, 11) is -6.13. The van der Waals surface area contributed by atoms with Gasteiger partial charge in [0.05, 0.1) is 25.0 Å². The minimum absolute atomic E-state index is 0.00502. The maximum absolute atomic E-state index is 12.8. The van der Waals surface area contributed by atoms with Gasteiger partial charge in [-0.25, -0.2) is 0 Å². The largest absolute Gasteiger partial charge is 0.489 e. The van der Waals surface area contributed by atoms with Gasteiger partial charge in [-0.3, -0.25) is 9.59 Å². The Hall–Kier alpha value is -1.62. The molecular weight excluding hydrogens is 308 g/mol. The van der Waals surface area contributed by atoms with Gasteiger partial charge >= 0.3 is 0 Å². The van der Waals surface area contributed by atoms with E-state index in [0.29, 0.717) is 12.8 Å². The lowest BCUT2D eigenvalue weighted by Crippen LogP contribution is -2.25. The number of methoxy groups -OCH3 is 2. The van der Waals surface area contributed by atoms with Crippen LogP contribution in [0.3, 0.4) is 0 Å². The Morgan fingerprint density at radius 3 is 1.92 bits per heavy atom. The molecule has 0 amide bonds. The predicted octanol–water partition coefficient (Wildman–Crippen LogP) is 3.46. The van der Waals surface area contributed by atoms with Crippen molar-refractivity contribution in [3.8, 4) is 0 Å². The van der Waals surface area contributed by atoms with Crippen molar-refractivity contribution in [2.75, 3.05) is 20.6 Å². The van der Waals surface area contributed by atoms with Crippen LogP contribution >= 0.6 is 0 Å². The molecule has 1 aliphatic rings. The summed E-state index contributed by atoms with van der Waals surface area (Å²) >= 11 is 0. The molecule has 0 fully saturated rings. The van der Waals surface area contributed by atoms with Gasteiger partial charge in [0, 0.05) is 17.7 Å². The maximum atomic E-state index is 12.8. The van der Waals surface area contributed by atoms with E-state index in [1.807, 2.05) is 0 Å². The summed E-state index contributed by atoms with van der Waals surface area (Å²) in [4.78, 5) is 25.4. The SMILES string of the molecule is [2H]C([2H])(O)CCCCCCCCCC1=C(C)C(=O)C(OC([2H])([2H])[2H])=C(OC([2H])([2H])[2H])C1=O. The van der Waals surface area contributed by atoms with Gasteiger partial charge in [0.2, 0.25) is 23.1 Å². The first-order valence-corrected chi connectivity index (χ1v) is 8.16. The lowest BCUT2D eigenvalue weighted by atomic mass is 9.89. The first-order chi connectivity index (χ1) is 14.5. The van der Waals surface area contributed by atoms with Crippen LogP contribution in [0.15, 0.2) is 22.7 Å². The lowest BCUT2D eigenvalue weighted by Gasteiger charge is -2.20. The molecule has 0 heterocycles. The molecule has 5 heteroatoms. The molecule has 0 spiro atoms. The van der Waals surface area contributed by atoms with Crippen LogP contribution in [0.4, 0.5) is 0 Å². The monoisotopic (exact) mass is 346 g/mol. The highest BCUT2D eigenvalue weighted by molar-refractivity contribution is 6.23. The highest BCUT2D eigenvalue weighted by Crippen LogP contribution is 2.28. The third-order valence-electron chi connectivity index (χ3n) is 4.11. The summed E-state index contributed by atoms with van der Waals surface area (Å²) in [5.41, 5.74) is 0.0859. The first-order valence-electron chi connectivity index (χ1n) is 12.2. The van der Waals surface area contributed by atoms with Crippen LogP contribution in [0.1, 0.15) is 75.7 Å². The van der Waals surface area contributed by atoms with Crippen LogP contribution in [0.5, 0.6) is 0 Å². The molecule has 24 heavy (non-hydrogen) atoms. The number of Topliss-reactive ketones (excluding diaryl/α,β-unsaturated/α-hetero) is 2. The van der Waals surface area contributed by atoms with Crippen LogP contribution in [0.25, 0.3) is 0 Å². The zero-order chi connectivity index (χ0) is 24.7. The van der Waals surface area contributed by atoms with Crippen LogP contribution < -0.4 is 0 Å². The number of carbonyl (C=O) groups is 2. The van der Waals surface area contributed by atoms with Crippen LogP contribution in [-0.4, -0.2) is 37.3 Å². The van der Waals surface area contributed by atoms with Gasteiger partial charge in [-0.1, -0.05) is 38.5 Å². The fourth-order valence-corrected chi connectivity index (χ4v) is 2.70. The molecule has 0 unspecified atom stereocenters. The standard InChI is InChI=1S/C19H30O5/c1-14-15(12-10-8-6-4-5-7-9-11-13-20)17(22)19(24-3)18(23-2)16(14)21/h20H,4-13H2,1-3H3/i2D3,3D3,13D2. The number of aliphatic hydroxyl groups is 1. The van der Waals surface area contributed by atoms with E-state index in [9.17, 15) is 9.59 Å². The van der Waals surface area contributed by atoms with Crippen molar-refractivity contribution in [3.63, 3.8) is 0 Å². The van der Waals surface area contributed by atoms with Gasteiger partial charge in [-0.15, -0.1) is 0 Å². The fourth-order valence-electron chi connectivity index (χ4n) is 2.70. The van der Waals surface area contributed by atoms with Crippen LogP contribution in [0.2, 0.25) is 0 Å². The predicted molar refractivity (Wildman–Crippen MR) is 92.4 cm³/mol. The number of carbonyl (C=O) groups excluding carboxylic acids is 2. The van der Waals surface area contributed by atoms with Crippen molar-refractivity contribution < 1.29 is 35.1 Å². The molecule has 0 saturated heterocycles. The molecule has 5 nitrogen and oxygen atoms in total. The average Bonchev–Trinajstić information content (AvgIpc) is 2.61. The molecule has 0 radical (unpaired) electrons. The molecule has 0 aromatic rings. The number of ketones is 2. The smallest absolute Gasteiger partial charge is 0.228 e. The Labute approximate surface area is 156 Å². The minimum atomic E-state index is -3.07. The molecule has 1 aliphatic carbocycles. The Bertz CT molecular complexity index is 744. The topological polar surface area (TPSA) is 72.8 Å². The van der Waals surface area contributed by atoms with Crippen molar-refractivity contribution in [1.82, 2.24) is 0 Å². The van der Waals surface area contributed by atoms with E-state index >= 15 is 0 Å². The molecule has 0 aromatic heterocycles. The van der Waals surface area contributed by atoms with E-state index in [2.05, 4.69) is 9.47 Å². The molecule has 0 saturated carbocycles. The highest BCUT2D eigenvalue weighted by Gasteiger charge is 2.34. The Morgan fingerprint density at radius 2 is 1.38 bits per heavy atom. The number of unbranched alkanes of at least 4 members (excludes halogenated alkanes) is 6. The molecule has 1 N–H and O–H groups in total. The van der Waals surface area contributed by atoms with E-state index in [4.69, 9.17) is 16.1 Å². The summed E-state index contributed by atoms with van der Waals surface area (Å²) in [6.07, 6.45) is 5.61. The van der Waals surface area contributed by atoms with Crippen LogP contribution in [0, 0.1) is 0 Å². The lowest BCUT2D eigenvalue weighted by molar-refractivity contribution is -0.121. The van der Waals surface area contributed by atoms with E-state index in [1.165, 1.54) is 6.92 Å². The molecule has 0 atom stereocenters. The first kappa shape index (κ1) is 11.1. The van der Waals surface area contributed by atoms with Gasteiger partial charge in [-0.05, 0) is 26.2 Å². The van der Waals surface area contributed by atoms with Crippen molar-refractivity contribution in [3.05, 3.63) is 22.7 Å². The fraction of sp³-hybridized carbons (Fsp3) is 0.684. The van der Waals surface area contributed by atoms with Gasteiger partial charge in [-0.2, -0.15) is 0 Å². The third-order valence-corrected chi connectivity index (χ3v) is 4.11.